The van der Waals surface area contributed by atoms with Gasteiger partial charge in [0.2, 0.25) is 5.82 Å². The number of benzene rings is 2. The zero-order chi connectivity index (χ0) is 22.6. The Morgan fingerprint density at radius 1 is 0.938 bits per heavy atom. The van der Waals surface area contributed by atoms with E-state index in [1.807, 2.05) is 52.7 Å². The molecular formula is C24H22Cl3N5. The topological polar surface area (TPSA) is 48.5 Å². The Balaban J connectivity index is 1.73. The van der Waals surface area contributed by atoms with Crippen LogP contribution >= 0.6 is 34.8 Å². The minimum absolute atomic E-state index is 0.232. The summed E-state index contributed by atoms with van der Waals surface area (Å²) in [6.45, 7) is 6.30. The van der Waals surface area contributed by atoms with Crippen LogP contribution in [-0.4, -0.2) is 24.5 Å². The zero-order valence-corrected chi connectivity index (χ0v) is 20.2. The molecule has 0 atom stereocenters. The van der Waals surface area contributed by atoms with E-state index in [4.69, 9.17) is 50.0 Å². The van der Waals surface area contributed by atoms with Crippen LogP contribution in [0.5, 0.6) is 0 Å². The predicted octanol–water partition coefficient (Wildman–Crippen LogP) is 7.52. The molecule has 0 saturated heterocycles. The summed E-state index contributed by atoms with van der Waals surface area (Å²) in [5.41, 5.74) is 4.34. The van der Waals surface area contributed by atoms with Crippen molar-refractivity contribution in [3.63, 3.8) is 0 Å². The van der Waals surface area contributed by atoms with Crippen LogP contribution in [0.1, 0.15) is 50.0 Å². The molecule has 1 aliphatic rings. The standard InChI is InChI=1S/C24H22Cl3N5/c1-13(2)31-24(16-4-5-16)28-23(30-31)21-14(3)22(15-6-8-17(25)9-7-15)32(29-21)20-11-10-18(26)12-19(20)27/h6-13,16H,4-5H2,1-3H3. The van der Waals surface area contributed by atoms with Crippen molar-refractivity contribution in [1.29, 1.82) is 0 Å². The van der Waals surface area contributed by atoms with Crippen LogP contribution in [0, 0.1) is 6.92 Å². The summed E-state index contributed by atoms with van der Waals surface area (Å²) in [6, 6.07) is 13.3. The molecule has 5 nitrogen and oxygen atoms in total. The van der Waals surface area contributed by atoms with Gasteiger partial charge in [-0.25, -0.2) is 14.3 Å². The summed E-state index contributed by atoms with van der Waals surface area (Å²) >= 11 is 18.9. The molecule has 2 aromatic carbocycles. The van der Waals surface area contributed by atoms with Crippen LogP contribution in [0.25, 0.3) is 28.5 Å². The molecule has 0 spiro atoms. The van der Waals surface area contributed by atoms with Gasteiger partial charge in [0.1, 0.15) is 11.5 Å². The van der Waals surface area contributed by atoms with E-state index in [2.05, 4.69) is 13.8 Å². The Morgan fingerprint density at radius 2 is 1.62 bits per heavy atom. The lowest BCUT2D eigenvalue weighted by molar-refractivity contribution is 0.506. The minimum Gasteiger partial charge on any atom is -0.247 e. The first-order valence-electron chi connectivity index (χ1n) is 10.6. The summed E-state index contributed by atoms with van der Waals surface area (Å²) in [7, 11) is 0. The van der Waals surface area contributed by atoms with Crippen LogP contribution in [0.4, 0.5) is 0 Å². The second-order valence-corrected chi connectivity index (χ2v) is 9.72. The van der Waals surface area contributed by atoms with Crippen molar-refractivity contribution in [2.24, 2.45) is 0 Å². The van der Waals surface area contributed by atoms with E-state index >= 15 is 0 Å². The summed E-state index contributed by atoms with van der Waals surface area (Å²) in [6.07, 6.45) is 2.32. The van der Waals surface area contributed by atoms with Crippen molar-refractivity contribution in [1.82, 2.24) is 24.5 Å². The van der Waals surface area contributed by atoms with Gasteiger partial charge < -0.3 is 0 Å². The van der Waals surface area contributed by atoms with Crippen LogP contribution in [0.2, 0.25) is 15.1 Å². The zero-order valence-electron chi connectivity index (χ0n) is 18.0. The van der Waals surface area contributed by atoms with Crippen LogP contribution in [0.15, 0.2) is 42.5 Å². The summed E-state index contributed by atoms with van der Waals surface area (Å²) in [5.74, 6) is 2.17. The third kappa shape index (κ3) is 3.83. The van der Waals surface area contributed by atoms with Gasteiger partial charge in [0.15, 0.2) is 0 Å². The molecule has 8 heteroatoms. The monoisotopic (exact) mass is 485 g/mol. The lowest BCUT2D eigenvalue weighted by Crippen LogP contribution is -2.07. The van der Waals surface area contributed by atoms with Crippen molar-refractivity contribution in [2.75, 3.05) is 0 Å². The van der Waals surface area contributed by atoms with Crippen LogP contribution in [0.3, 0.4) is 0 Å². The minimum atomic E-state index is 0.232. The maximum atomic E-state index is 6.58. The normalized spacial score (nSPS) is 13.8. The average Bonchev–Trinajstić information content (AvgIpc) is 3.41. The second kappa shape index (κ2) is 8.22. The molecule has 0 radical (unpaired) electrons. The van der Waals surface area contributed by atoms with E-state index in [1.54, 1.807) is 6.07 Å². The second-order valence-electron chi connectivity index (χ2n) is 8.44. The van der Waals surface area contributed by atoms with E-state index in [0.717, 1.165) is 46.9 Å². The number of aromatic nitrogens is 5. The van der Waals surface area contributed by atoms with Crippen LogP contribution < -0.4 is 0 Å². The first kappa shape index (κ1) is 21.5. The number of hydrogen-bond acceptors (Lipinski definition) is 3. The first-order chi connectivity index (χ1) is 15.3. The molecule has 5 rings (SSSR count). The van der Waals surface area contributed by atoms with Crippen molar-refractivity contribution in [3.8, 4) is 28.5 Å². The molecule has 0 unspecified atom stereocenters. The van der Waals surface area contributed by atoms with Crippen LogP contribution in [-0.2, 0) is 0 Å². The van der Waals surface area contributed by atoms with Crippen molar-refractivity contribution >= 4 is 34.8 Å². The molecule has 0 N–H and O–H groups in total. The third-order valence-electron chi connectivity index (χ3n) is 5.68. The molecule has 0 amide bonds. The Morgan fingerprint density at radius 3 is 2.25 bits per heavy atom. The highest BCUT2D eigenvalue weighted by Crippen LogP contribution is 2.41. The number of hydrogen-bond donors (Lipinski definition) is 0. The molecule has 164 valence electrons. The molecule has 0 aliphatic heterocycles. The quantitative estimate of drug-likeness (QED) is 0.293. The lowest BCUT2D eigenvalue weighted by atomic mass is 10.1. The van der Waals surface area contributed by atoms with Gasteiger partial charge in [0.25, 0.3) is 0 Å². The number of rotatable bonds is 5. The van der Waals surface area contributed by atoms with Gasteiger partial charge in [0, 0.05) is 33.1 Å². The van der Waals surface area contributed by atoms with Crippen molar-refractivity contribution in [2.45, 2.75) is 45.6 Å². The maximum Gasteiger partial charge on any atom is 0.202 e. The summed E-state index contributed by atoms with van der Waals surface area (Å²) in [5, 5.41) is 11.6. The molecule has 0 bridgehead atoms. The fourth-order valence-corrected chi connectivity index (χ4v) is 4.53. The van der Waals surface area contributed by atoms with E-state index in [0.29, 0.717) is 26.8 Å². The van der Waals surface area contributed by atoms with Gasteiger partial charge >= 0.3 is 0 Å². The van der Waals surface area contributed by atoms with Gasteiger partial charge in [-0.1, -0.05) is 46.9 Å². The highest BCUT2D eigenvalue weighted by molar-refractivity contribution is 6.35. The molecular weight excluding hydrogens is 465 g/mol. The predicted molar refractivity (Wildman–Crippen MR) is 130 cm³/mol. The molecule has 1 saturated carbocycles. The van der Waals surface area contributed by atoms with Gasteiger partial charge in [-0.2, -0.15) is 5.10 Å². The molecule has 2 heterocycles. The third-order valence-corrected chi connectivity index (χ3v) is 6.47. The van der Waals surface area contributed by atoms with Gasteiger partial charge in [0.05, 0.1) is 16.4 Å². The fourth-order valence-electron chi connectivity index (χ4n) is 3.92. The van der Waals surface area contributed by atoms with E-state index in [-0.39, 0.29) is 6.04 Å². The SMILES string of the molecule is Cc1c(-c2nc(C3CC3)n(C(C)C)n2)nn(-c2ccc(Cl)cc2Cl)c1-c1ccc(Cl)cc1. The number of halogens is 3. The summed E-state index contributed by atoms with van der Waals surface area (Å²) < 4.78 is 3.88. The van der Waals surface area contributed by atoms with Gasteiger partial charge in [-0.3, -0.25) is 0 Å². The van der Waals surface area contributed by atoms with Crippen molar-refractivity contribution in [3.05, 3.63) is 68.9 Å². The average molecular weight is 487 g/mol. The molecule has 2 aromatic heterocycles. The first-order valence-corrected chi connectivity index (χ1v) is 11.7. The Labute approximate surface area is 201 Å². The largest absolute Gasteiger partial charge is 0.247 e. The lowest BCUT2D eigenvalue weighted by Gasteiger charge is -2.11. The smallest absolute Gasteiger partial charge is 0.202 e. The Hall–Kier alpha value is -2.34. The molecule has 1 fully saturated rings. The highest BCUT2D eigenvalue weighted by Gasteiger charge is 2.32. The maximum absolute atomic E-state index is 6.58. The molecule has 32 heavy (non-hydrogen) atoms. The summed E-state index contributed by atoms with van der Waals surface area (Å²) in [4.78, 5) is 4.92. The fraction of sp³-hybridized carbons (Fsp3) is 0.292. The highest BCUT2D eigenvalue weighted by atomic mass is 35.5. The van der Waals surface area contributed by atoms with Crippen molar-refractivity contribution < 1.29 is 0 Å². The van der Waals surface area contributed by atoms with E-state index in [9.17, 15) is 0 Å². The van der Waals surface area contributed by atoms with E-state index < -0.39 is 0 Å². The Kier molecular flexibility index (Phi) is 5.52. The van der Waals surface area contributed by atoms with Gasteiger partial charge in [-0.15, -0.1) is 5.10 Å². The Bertz CT molecular complexity index is 1280. The van der Waals surface area contributed by atoms with Gasteiger partial charge in [-0.05, 0) is 63.9 Å². The van der Waals surface area contributed by atoms with E-state index in [1.165, 1.54) is 0 Å². The molecule has 4 aromatic rings. The number of nitrogens with zero attached hydrogens (tertiary/aromatic N) is 5. The molecule has 1 aliphatic carbocycles.